The van der Waals surface area contributed by atoms with Crippen LogP contribution in [0.25, 0.3) is 88.3 Å². The molecule has 0 amide bonds. The fourth-order valence-corrected chi connectivity index (χ4v) is 12.0. The second-order valence-electron chi connectivity index (χ2n) is 19.1. The van der Waals surface area contributed by atoms with E-state index in [1.54, 1.807) is 0 Å². The Morgan fingerprint density at radius 3 is 1.49 bits per heavy atom. The lowest BCUT2D eigenvalue weighted by Gasteiger charge is -2.34. The molecular formula is C71H47NO. The number of hydrogen-bond acceptors (Lipinski definition) is 2. The molecule has 0 unspecified atom stereocenters. The summed E-state index contributed by atoms with van der Waals surface area (Å²) in [6.45, 7) is 0. The van der Waals surface area contributed by atoms with Gasteiger partial charge in [-0.05, 0) is 132 Å². The Morgan fingerprint density at radius 1 is 0.288 bits per heavy atom. The number of rotatable bonds is 9. The molecule has 0 aliphatic heterocycles. The average molecular weight is 930 g/mol. The van der Waals surface area contributed by atoms with E-state index >= 15 is 0 Å². The maximum Gasteiger partial charge on any atom is 0.136 e. The Morgan fingerprint density at radius 2 is 0.781 bits per heavy atom. The van der Waals surface area contributed by atoms with Crippen molar-refractivity contribution in [1.29, 1.82) is 0 Å². The van der Waals surface area contributed by atoms with Crippen molar-refractivity contribution < 1.29 is 4.42 Å². The topological polar surface area (TPSA) is 16.4 Å². The quantitative estimate of drug-likeness (QED) is 0.143. The Bertz CT molecular complexity index is 4130. The molecule has 342 valence electrons. The summed E-state index contributed by atoms with van der Waals surface area (Å²) in [7, 11) is 0. The van der Waals surface area contributed by atoms with Gasteiger partial charge in [-0.2, -0.15) is 0 Å². The lowest BCUT2D eigenvalue weighted by Crippen LogP contribution is -2.28. The molecule has 0 spiro atoms. The van der Waals surface area contributed by atoms with E-state index in [2.05, 4.69) is 278 Å². The first-order valence-corrected chi connectivity index (χ1v) is 25.2. The highest BCUT2D eigenvalue weighted by Gasteiger charge is 2.46. The molecule has 2 nitrogen and oxygen atoms in total. The second-order valence-corrected chi connectivity index (χ2v) is 19.1. The van der Waals surface area contributed by atoms with Crippen LogP contribution >= 0.6 is 0 Å². The van der Waals surface area contributed by atoms with Crippen LogP contribution in [0.5, 0.6) is 0 Å². The standard InChI is InChI=1S/C71H47NO/c1-4-19-49(20-5-1)57-30-16-21-51-22-17-32-62(69(51)57)61-28-11-14-34-66(61)72(56-44-39-50(40-45-56)58-31-18-36-68-70(58)63-29-12-15-35-67(63)73-68)55-42-37-48(38-43-55)52-41-46-60-59-27-10-13-33-64(59)71(65(60)47-52,53-23-6-2-7-24-53)54-25-8-3-9-26-54/h1-47H. The van der Waals surface area contributed by atoms with Crippen molar-refractivity contribution in [1.82, 2.24) is 0 Å². The lowest BCUT2D eigenvalue weighted by molar-refractivity contribution is 0.669. The number of fused-ring (bicyclic) bond motifs is 7. The first kappa shape index (κ1) is 42.4. The normalized spacial score (nSPS) is 12.5. The molecular weight excluding hydrogens is 883 g/mol. The molecule has 0 radical (unpaired) electrons. The maximum absolute atomic E-state index is 6.33. The minimum atomic E-state index is -0.477. The molecule has 0 N–H and O–H groups in total. The van der Waals surface area contributed by atoms with E-state index in [0.717, 1.165) is 61.3 Å². The summed E-state index contributed by atoms with van der Waals surface area (Å²) in [4.78, 5) is 2.43. The van der Waals surface area contributed by atoms with Gasteiger partial charge in [0.15, 0.2) is 0 Å². The molecule has 0 bridgehead atoms. The molecule has 2 heteroatoms. The molecule has 0 atom stereocenters. The zero-order chi connectivity index (χ0) is 48.3. The summed E-state index contributed by atoms with van der Waals surface area (Å²) < 4.78 is 6.33. The van der Waals surface area contributed by atoms with Crippen LogP contribution in [-0.4, -0.2) is 0 Å². The van der Waals surface area contributed by atoms with Crippen molar-refractivity contribution >= 4 is 49.8 Å². The smallest absolute Gasteiger partial charge is 0.136 e. The molecule has 12 aromatic carbocycles. The minimum Gasteiger partial charge on any atom is -0.456 e. The molecule has 13 aromatic rings. The zero-order valence-corrected chi connectivity index (χ0v) is 40.0. The molecule has 1 heterocycles. The van der Waals surface area contributed by atoms with Crippen molar-refractivity contribution in [3.05, 3.63) is 307 Å². The van der Waals surface area contributed by atoms with Gasteiger partial charge in [0, 0.05) is 27.7 Å². The third-order valence-corrected chi connectivity index (χ3v) is 15.2. The van der Waals surface area contributed by atoms with Gasteiger partial charge in [-0.25, -0.2) is 0 Å². The number of benzene rings is 12. The monoisotopic (exact) mass is 929 g/mol. The Kier molecular flexibility index (Phi) is 10.1. The van der Waals surface area contributed by atoms with Gasteiger partial charge in [-0.3, -0.25) is 0 Å². The number of nitrogens with zero attached hydrogens (tertiary/aromatic N) is 1. The molecule has 1 aromatic heterocycles. The van der Waals surface area contributed by atoms with Gasteiger partial charge >= 0.3 is 0 Å². The Balaban J connectivity index is 0.929. The van der Waals surface area contributed by atoms with Gasteiger partial charge in [-0.1, -0.05) is 237 Å². The van der Waals surface area contributed by atoms with Crippen LogP contribution in [0, 0.1) is 0 Å². The van der Waals surface area contributed by atoms with E-state index in [4.69, 9.17) is 4.42 Å². The van der Waals surface area contributed by atoms with E-state index in [0.29, 0.717) is 0 Å². The number of para-hydroxylation sites is 2. The van der Waals surface area contributed by atoms with Gasteiger partial charge in [-0.15, -0.1) is 0 Å². The molecule has 0 fully saturated rings. The van der Waals surface area contributed by atoms with Crippen LogP contribution in [0.2, 0.25) is 0 Å². The van der Waals surface area contributed by atoms with Crippen LogP contribution in [-0.2, 0) is 5.41 Å². The van der Waals surface area contributed by atoms with Gasteiger partial charge < -0.3 is 9.32 Å². The van der Waals surface area contributed by atoms with Crippen molar-refractivity contribution in [2.45, 2.75) is 5.41 Å². The first-order valence-electron chi connectivity index (χ1n) is 25.2. The summed E-state index contributed by atoms with van der Waals surface area (Å²) in [6.07, 6.45) is 0. The first-order chi connectivity index (χ1) is 36.2. The molecule has 1 aliphatic rings. The SMILES string of the molecule is c1ccc(-c2cccc3cccc(-c4ccccc4N(c4ccc(-c5ccc6c(c5)C(c5ccccc5)(c5ccccc5)c5ccccc5-6)cc4)c4ccc(-c5cccc6oc7ccccc7c56)cc4)c23)cc1. The fraction of sp³-hybridized carbons (Fsp3) is 0.0141. The summed E-state index contributed by atoms with van der Waals surface area (Å²) in [5.41, 5.74) is 21.6. The lowest BCUT2D eigenvalue weighted by atomic mass is 9.67. The van der Waals surface area contributed by atoms with E-state index in [1.165, 1.54) is 66.4 Å². The summed E-state index contributed by atoms with van der Waals surface area (Å²) in [6, 6.07) is 104. The third-order valence-electron chi connectivity index (χ3n) is 15.2. The van der Waals surface area contributed by atoms with Crippen LogP contribution in [0.15, 0.2) is 290 Å². The summed E-state index contributed by atoms with van der Waals surface area (Å²) in [5, 5.41) is 4.69. The maximum atomic E-state index is 6.33. The number of anilines is 3. The minimum absolute atomic E-state index is 0.477. The highest BCUT2D eigenvalue weighted by atomic mass is 16.3. The van der Waals surface area contributed by atoms with Crippen molar-refractivity contribution in [3.8, 4) is 55.6 Å². The zero-order valence-electron chi connectivity index (χ0n) is 40.0. The van der Waals surface area contributed by atoms with Gasteiger partial charge in [0.05, 0.1) is 11.1 Å². The Labute approximate surface area is 425 Å². The molecule has 0 saturated heterocycles. The van der Waals surface area contributed by atoms with Crippen LogP contribution in [0.1, 0.15) is 22.3 Å². The summed E-state index contributed by atoms with van der Waals surface area (Å²) in [5.74, 6) is 0. The molecule has 73 heavy (non-hydrogen) atoms. The highest BCUT2D eigenvalue weighted by Crippen LogP contribution is 2.57. The fourth-order valence-electron chi connectivity index (χ4n) is 12.0. The average Bonchev–Trinajstić information content (AvgIpc) is 4.04. The Hall–Kier alpha value is -9.50. The number of hydrogen-bond donors (Lipinski definition) is 0. The predicted molar refractivity (Wildman–Crippen MR) is 305 cm³/mol. The van der Waals surface area contributed by atoms with Crippen LogP contribution in [0.3, 0.4) is 0 Å². The van der Waals surface area contributed by atoms with Crippen LogP contribution in [0.4, 0.5) is 17.1 Å². The van der Waals surface area contributed by atoms with Crippen LogP contribution < -0.4 is 4.90 Å². The van der Waals surface area contributed by atoms with Crippen molar-refractivity contribution in [2.24, 2.45) is 0 Å². The highest BCUT2D eigenvalue weighted by molar-refractivity contribution is 6.13. The molecule has 0 saturated carbocycles. The summed E-state index contributed by atoms with van der Waals surface area (Å²) >= 11 is 0. The van der Waals surface area contributed by atoms with E-state index in [9.17, 15) is 0 Å². The second kappa shape index (κ2) is 17.4. The van der Waals surface area contributed by atoms with Crippen molar-refractivity contribution in [2.75, 3.05) is 4.90 Å². The van der Waals surface area contributed by atoms with E-state index in [1.807, 2.05) is 12.1 Å². The number of furan rings is 1. The molecule has 14 rings (SSSR count). The largest absolute Gasteiger partial charge is 0.456 e. The van der Waals surface area contributed by atoms with Crippen molar-refractivity contribution in [3.63, 3.8) is 0 Å². The van der Waals surface area contributed by atoms with Gasteiger partial charge in [0.25, 0.3) is 0 Å². The van der Waals surface area contributed by atoms with E-state index in [-0.39, 0.29) is 0 Å². The van der Waals surface area contributed by atoms with E-state index < -0.39 is 5.41 Å². The molecule has 1 aliphatic carbocycles. The van der Waals surface area contributed by atoms with Gasteiger partial charge in [0.2, 0.25) is 0 Å². The third kappa shape index (κ3) is 6.87. The predicted octanol–water partition coefficient (Wildman–Crippen LogP) is 19.2. The van der Waals surface area contributed by atoms with Gasteiger partial charge in [0.1, 0.15) is 11.2 Å².